The highest BCUT2D eigenvalue weighted by Crippen LogP contribution is 2.16. The smallest absolute Gasteiger partial charge is 0.0438 e. The van der Waals surface area contributed by atoms with Gasteiger partial charge in [0.1, 0.15) is 0 Å². The van der Waals surface area contributed by atoms with Gasteiger partial charge < -0.3 is 5.73 Å². The first-order valence-electron chi connectivity index (χ1n) is 4.16. The van der Waals surface area contributed by atoms with Gasteiger partial charge in [0.05, 0.1) is 0 Å². The molecule has 2 N–H and O–H groups in total. The number of rotatable bonds is 3. The second-order valence-electron chi connectivity index (χ2n) is 2.96. The Bertz CT molecular complexity index is 314. The van der Waals surface area contributed by atoms with E-state index in [1.165, 1.54) is 0 Å². The molecule has 2 heteroatoms. The molecule has 0 aromatic heterocycles. The highest BCUT2D eigenvalue weighted by Gasteiger charge is 2.04. The van der Waals surface area contributed by atoms with E-state index in [9.17, 15) is 0 Å². The maximum Gasteiger partial charge on any atom is 0.0438 e. The molecule has 0 saturated carbocycles. The largest absolute Gasteiger partial charge is 0.327 e. The van der Waals surface area contributed by atoms with E-state index in [0.717, 1.165) is 17.0 Å². The van der Waals surface area contributed by atoms with E-state index in [2.05, 4.69) is 5.92 Å². The summed E-state index contributed by atoms with van der Waals surface area (Å²) in [4.78, 5) is 0. The fraction of sp³-hybridized carbons (Fsp3) is 0.273. The topological polar surface area (TPSA) is 26.0 Å². The summed E-state index contributed by atoms with van der Waals surface area (Å²) in [5.74, 6) is 2.54. The molecular formula is C11H12ClN. The lowest BCUT2D eigenvalue weighted by molar-refractivity contribution is 0.689. The van der Waals surface area contributed by atoms with Gasteiger partial charge in [0.25, 0.3) is 0 Å². The maximum absolute atomic E-state index is 5.96. The molecule has 1 unspecified atom stereocenters. The zero-order chi connectivity index (χ0) is 9.68. The highest BCUT2D eigenvalue weighted by atomic mass is 35.5. The van der Waals surface area contributed by atoms with Crippen molar-refractivity contribution in [1.29, 1.82) is 0 Å². The molecule has 1 aromatic rings. The number of hydrogen-bond donors (Lipinski definition) is 1. The molecule has 0 aliphatic carbocycles. The molecule has 13 heavy (non-hydrogen) atoms. The van der Waals surface area contributed by atoms with Crippen LogP contribution in [0.4, 0.5) is 0 Å². The van der Waals surface area contributed by atoms with Crippen LogP contribution in [0, 0.1) is 12.3 Å². The van der Waals surface area contributed by atoms with Gasteiger partial charge in [-0.1, -0.05) is 29.8 Å². The van der Waals surface area contributed by atoms with E-state index in [4.69, 9.17) is 23.8 Å². The van der Waals surface area contributed by atoms with Crippen LogP contribution in [0.25, 0.3) is 0 Å². The van der Waals surface area contributed by atoms with Crippen LogP contribution in [0.15, 0.2) is 24.3 Å². The van der Waals surface area contributed by atoms with E-state index in [-0.39, 0.29) is 6.04 Å². The molecule has 0 saturated heterocycles. The second kappa shape index (κ2) is 4.91. The lowest BCUT2D eigenvalue weighted by Gasteiger charge is -2.08. The first kappa shape index (κ1) is 10.1. The minimum Gasteiger partial charge on any atom is -0.327 e. The van der Waals surface area contributed by atoms with Crippen LogP contribution in [-0.2, 0) is 6.42 Å². The second-order valence-corrected chi connectivity index (χ2v) is 3.37. The first-order chi connectivity index (χ1) is 6.24. The number of halogens is 1. The molecule has 68 valence electrons. The predicted octanol–water partition coefficient (Wildman–Crippen LogP) is 2.23. The monoisotopic (exact) mass is 193 g/mol. The summed E-state index contributed by atoms with van der Waals surface area (Å²) in [7, 11) is 0. The van der Waals surface area contributed by atoms with Crippen LogP contribution in [0.5, 0.6) is 0 Å². The predicted molar refractivity (Wildman–Crippen MR) is 56.6 cm³/mol. The lowest BCUT2D eigenvalue weighted by Crippen LogP contribution is -2.22. The fourth-order valence-electron chi connectivity index (χ4n) is 1.17. The van der Waals surface area contributed by atoms with E-state index in [0.29, 0.717) is 6.42 Å². The van der Waals surface area contributed by atoms with Gasteiger partial charge in [0.2, 0.25) is 0 Å². The average Bonchev–Trinajstić information content (AvgIpc) is 2.09. The Balaban J connectivity index is 2.64. The zero-order valence-electron chi connectivity index (χ0n) is 7.33. The SMILES string of the molecule is C#CCC(N)Cc1ccccc1Cl. The minimum atomic E-state index is 0.00454. The van der Waals surface area contributed by atoms with Crippen molar-refractivity contribution in [3.8, 4) is 12.3 Å². The third-order valence-electron chi connectivity index (χ3n) is 1.82. The summed E-state index contributed by atoms with van der Waals surface area (Å²) in [6, 6.07) is 7.69. The van der Waals surface area contributed by atoms with Gasteiger partial charge in [-0.2, -0.15) is 0 Å². The summed E-state index contributed by atoms with van der Waals surface area (Å²) in [5.41, 5.74) is 6.85. The molecule has 0 bridgehead atoms. The molecule has 1 aromatic carbocycles. The molecule has 0 aliphatic rings. The van der Waals surface area contributed by atoms with Crippen LogP contribution in [-0.4, -0.2) is 6.04 Å². The quantitative estimate of drug-likeness (QED) is 0.733. The van der Waals surface area contributed by atoms with Gasteiger partial charge in [0, 0.05) is 17.5 Å². The molecule has 0 radical (unpaired) electrons. The fourth-order valence-corrected chi connectivity index (χ4v) is 1.38. The van der Waals surface area contributed by atoms with Gasteiger partial charge in [-0.25, -0.2) is 0 Å². The van der Waals surface area contributed by atoms with Crippen molar-refractivity contribution in [3.63, 3.8) is 0 Å². The molecular weight excluding hydrogens is 182 g/mol. The van der Waals surface area contributed by atoms with Crippen molar-refractivity contribution in [2.24, 2.45) is 5.73 Å². The Kier molecular flexibility index (Phi) is 3.82. The van der Waals surface area contributed by atoms with Crippen LogP contribution in [0.1, 0.15) is 12.0 Å². The molecule has 0 amide bonds. The Morgan fingerprint density at radius 2 is 2.15 bits per heavy atom. The number of terminal acetylenes is 1. The Morgan fingerprint density at radius 1 is 1.46 bits per heavy atom. The summed E-state index contributed by atoms with van der Waals surface area (Å²) >= 11 is 5.96. The third-order valence-corrected chi connectivity index (χ3v) is 2.19. The number of benzene rings is 1. The van der Waals surface area contributed by atoms with Crippen molar-refractivity contribution in [3.05, 3.63) is 34.9 Å². The standard InChI is InChI=1S/C11H12ClN/c1-2-5-10(13)8-9-6-3-4-7-11(9)12/h1,3-4,6-7,10H,5,8,13H2. The molecule has 1 atom stereocenters. The summed E-state index contributed by atoms with van der Waals surface area (Å²) in [5, 5.41) is 0.759. The van der Waals surface area contributed by atoms with E-state index in [1.54, 1.807) is 0 Å². The van der Waals surface area contributed by atoms with E-state index in [1.807, 2.05) is 24.3 Å². The van der Waals surface area contributed by atoms with Crippen molar-refractivity contribution >= 4 is 11.6 Å². The Labute approximate surface area is 83.9 Å². The third kappa shape index (κ3) is 3.10. The van der Waals surface area contributed by atoms with Gasteiger partial charge in [-0.05, 0) is 18.1 Å². The number of nitrogens with two attached hydrogens (primary N) is 1. The summed E-state index contributed by atoms with van der Waals surface area (Å²) in [6.07, 6.45) is 6.49. The lowest BCUT2D eigenvalue weighted by atomic mass is 10.0. The Morgan fingerprint density at radius 3 is 2.77 bits per heavy atom. The van der Waals surface area contributed by atoms with Gasteiger partial charge in [-0.3, -0.25) is 0 Å². The molecule has 0 heterocycles. The maximum atomic E-state index is 5.96. The molecule has 0 aliphatic heterocycles. The van der Waals surface area contributed by atoms with E-state index < -0.39 is 0 Å². The summed E-state index contributed by atoms with van der Waals surface area (Å²) < 4.78 is 0. The highest BCUT2D eigenvalue weighted by molar-refractivity contribution is 6.31. The van der Waals surface area contributed by atoms with Gasteiger partial charge in [0.15, 0.2) is 0 Å². The number of hydrogen-bond acceptors (Lipinski definition) is 1. The van der Waals surface area contributed by atoms with Crippen LogP contribution in [0.2, 0.25) is 5.02 Å². The molecule has 1 rings (SSSR count). The van der Waals surface area contributed by atoms with Crippen molar-refractivity contribution < 1.29 is 0 Å². The normalized spacial score (nSPS) is 12.1. The molecule has 1 nitrogen and oxygen atoms in total. The molecule has 0 spiro atoms. The zero-order valence-corrected chi connectivity index (χ0v) is 8.09. The Hall–Kier alpha value is -0.970. The summed E-state index contributed by atoms with van der Waals surface area (Å²) in [6.45, 7) is 0. The van der Waals surface area contributed by atoms with Crippen molar-refractivity contribution in [2.75, 3.05) is 0 Å². The van der Waals surface area contributed by atoms with Crippen LogP contribution >= 0.6 is 11.6 Å². The van der Waals surface area contributed by atoms with Gasteiger partial charge in [-0.15, -0.1) is 12.3 Å². The van der Waals surface area contributed by atoms with E-state index >= 15 is 0 Å². The van der Waals surface area contributed by atoms with Crippen LogP contribution in [0.3, 0.4) is 0 Å². The van der Waals surface area contributed by atoms with Gasteiger partial charge >= 0.3 is 0 Å². The minimum absolute atomic E-state index is 0.00454. The van der Waals surface area contributed by atoms with Crippen molar-refractivity contribution in [2.45, 2.75) is 18.9 Å². The molecule has 0 fully saturated rings. The van der Waals surface area contributed by atoms with Crippen LogP contribution < -0.4 is 5.73 Å². The van der Waals surface area contributed by atoms with Crippen molar-refractivity contribution in [1.82, 2.24) is 0 Å². The first-order valence-corrected chi connectivity index (χ1v) is 4.54. The average molecular weight is 194 g/mol.